The van der Waals surface area contributed by atoms with Gasteiger partial charge in [-0.05, 0) is 32.9 Å². The highest BCUT2D eigenvalue weighted by Gasteiger charge is 2.16. The zero-order valence-corrected chi connectivity index (χ0v) is 17.7. The Bertz CT molecular complexity index is 873. The predicted molar refractivity (Wildman–Crippen MR) is 111 cm³/mol. The lowest BCUT2D eigenvalue weighted by atomic mass is 10.3. The van der Waals surface area contributed by atoms with Crippen LogP contribution >= 0.6 is 36.4 Å². The van der Waals surface area contributed by atoms with E-state index in [-0.39, 0.29) is 24.8 Å². The van der Waals surface area contributed by atoms with Crippen LogP contribution in [-0.2, 0) is 26.2 Å². The topological polar surface area (TPSA) is 65.5 Å². The van der Waals surface area contributed by atoms with Gasteiger partial charge in [-0.1, -0.05) is 11.6 Å². The van der Waals surface area contributed by atoms with Gasteiger partial charge < -0.3 is 9.88 Å². The Balaban J connectivity index is 0.00000131. The number of rotatable bonds is 4. The van der Waals surface area contributed by atoms with E-state index >= 15 is 0 Å². The summed E-state index contributed by atoms with van der Waals surface area (Å²) in [5.41, 5.74) is 4.01. The molecule has 0 unspecified atom stereocenters. The molecule has 1 N–H and O–H groups in total. The monoisotopic (exact) mass is 431 g/mol. The molecule has 7 nitrogen and oxygen atoms in total. The minimum atomic E-state index is 0. The normalized spacial score (nSPS) is 13.4. The second-order valence-corrected chi connectivity index (χ2v) is 6.80. The first-order valence-corrected chi connectivity index (χ1v) is 9.00. The maximum atomic E-state index is 6.24. The van der Waals surface area contributed by atoms with Gasteiger partial charge in [0.05, 0.1) is 28.6 Å². The van der Waals surface area contributed by atoms with Crippen LogP contribution in [0, 0.1) is 13.8 Å². The van der Waals surface area contributed by atoms with Crippen molar-refractivity contribution in [3.05, 3.63) is 40.6 Å². The Hall–Kier alpha value is -1.54. The number of nitrogens with zero attached hydrogens (tertiary/aromatic N) is 6. The van der Waals surface area contributed by atoms with Crippen LogP contribution in [-0.4, -0.2) is 35.7 Å². The number of fused-ring (bicyclic) bond motifs is 1. The molecule has 0 bridgehead atoms. The lowest BCUT2D eigenvalue weighted by Crippen LogP contribution is -2.12. The van der Waals surface area contributed by atoms with Gasteiger partial charge in [-0.15, -0.1) is 24.8 Å². The molecule has 0 atom stereocenters. The molecule has 3 aromatic rings. The average molecular weight is 433 g/mol. The lowest BCUT2D eigenvalue weighted by Gasteiger charge is -2.08. The van der Waals surface area contributed by atoms with E-state index in [1.165, 1.54) is 5.69 Å². The molecule has 4 heterocycles. The molecular weight excluding hydrogens is 409 g/mol. The van der Waals surface area contributed by atoms with E-state index in [1.807, 2.05) is 30.9 Å². The first kappa shape index (κ1) is 21.8. The molecule has 0 spiro atoms. The molecule has 3 aromatic heterocycles. The van der Waals surface area contributed by atoms with Gasteiger partial charge in [-0.2, -0.15) is 10.2 Å². The van der Waals surface area contributed by atoms with E-state index < -0.39 is 0 Å². The van der Waals surface area contributed by atoms with Crippen molar-refractivity contribution in [3.8, 4) is 11.5 Å². The van der Waals surface area contributed by atoms with E-state index in [1.54, 1.807) is 0 Å². The molecule has 1 aliphatic heterocycles. The standard InChI is InChI=1S/C17H22ClN7.2ClH/c1-12-16(18)13(2)24(21-12)9-8-23-7-5-20-17(23)15-10-14-11-19-4-3-6-25(14)22-15;;/h5,7,10,19H,3-4,6,8-9,11H2,1-2H3;2*1H. The molecule has 0 radical (unpaired) electrons. The maximum absolute atomic E-state index is 6.24. The van der Waals surface area contributed by atoms with Crippen molar-refractivity contribution in [3.63, 3.8) is 0 Å². The number of aryl methyl sites for hydroxylation is 4. The Morgan fingerprint density at radius 2 is 2.00 bits per heavy atom. The lowest BCUT2D eigenvalue weighted by molar-refractivity contribution is 0.522. The summed E-state index contributed by atoms with van der Waals surface area (Å²) in [5.74, 6) is 0.896. The van der Waals surface area contributed by atoms with Crippen LogP contribution in [0.15, 0.2) is 18.5 Å². The second kappa shape index (κ2) is 9.10. The van der Waals surface area contributed by atoms with Crippen molar-refractivity contribution < 1.29 is 0 Å². The summed E-state index contributed by atoms with van der Waals surface area (Å²) in [7, 11) is 0. The zero-order valence-electron chi connectivity index (χ0n) is 15.4. The van der Waals surface area contributed by atoms with Crippen LogP contribution in [0.25, 0.3) is 11.5 Å². The summed E-state index contributed by atoms with van der Waals surface area (Å²) in [4.78, 5) is 4.52. The van der Waals surface area contributed by atoms with Crippen molar-refractivity contribution in [2.45, 2.75) is 46.4 Å². The Kier molecular flexibility index (Phi) is 7.33. The third-order valence-corrected chi connectivity index (χ3v) is 5.23. The smallest absolute Gasteiger partial charge is 0.160 e. The molecule has 0 fully saturated rings. The number of aromatic nitrogens is 6. The molecule has 0 aromatic carbocycles. The molecule has 1 aliphatic rings. The predicted octanol–water partition coefficient (Wildman–Crippen LogP) is 3.25. The fourth-order valence-corrected chi connectivity index (χ4v) is 3.42. The minimum Gasteiger partial charge on any atom is -0.328 e. The molecule has 10 heteroatoms. The van der Waals surface area contributed by atoms with Crippen molar-refractivity contribution in [1.29, 1.82) is 0 Å². The SMILES string of the molecule is Cc1nn(CCn2ccnc2-c2cc3n(n2)CCCNC3)c(C)c1Cl.Cl.Cl. The van der Waals surface area contributed by atoms with Crippen molar-refractivity contribution in [1.82, 2.24) is 34.4 Å². The third kappa shape index (κ3) is 4.32. The van der Waals surface area contributed by atoms with Gasteiger partial charge in [0, 0.05) is 32.0 Å². The first-order valence-electron chi connectivity index (χ1n) is 8.62. The summed E-state index contributed by atoms with van der Waals surface area (Å²) in [6.07, 6.45) is 4.92. The van der Waals surface area contributed by atoms with Crippen molar-refractivity contribution in [2.24, 2.45) is 0 Å². The molecule has 27 heavy (non-hydrogen) atoms. The highest BCUT2D eigenvalue weighted by atomic mass is 35.5. The van der Waals surface area contributed by atoms with Gasteiger partial charge in [0.1, 0.15) is 5.69 Å². The molecule has 0 saturated heterocycles. The summed E-state index contributed by atoms with van der Waals surface area (Å²) >= 11 is 6.24. The van der Waals surface area contributed by atoms with Crippen molar-refractivity contribution in [2.75, 3.05) is 6.54 Å². The molecule has 0 amide bonds. The first-order chi connectivity index (χ1) is 12.1. The molecule has 148 valence electrons. The van der Waals surface area contributed by atoms with Gasteiger partial charge >= 0.3 is 0 Å². The number of hydrogen-bond acceptors (Lipinski definition) is 4. The number of imidazole rings is 1. The van der Waals surface area contributed by atoms with Gasteiger partial charge in [0.15, 0.2) is 5.82 Å². The highest BCUT2D eigenvalue weighted by Crippen LogP contribution is 2.21. The fourth-order valence-electron chi connectivity index (χ4n) is 3.29. The van der Waals surface area contributed by atoms with E-state index in [2.05, 4.69) is 30.7 Å². The number of halogens is 3. The third-order valence-electron chi connectivity index (χ3n) is 4.68. The van der Waals surface area contributed by atoms with Gasteiger partial charge in [0.2, 0.25) is 0 Å². The quantitative estimate of drug-likeness (QED) is 0.687. The van der Waals surface area contributed by atoms with E-state index in [0.717, 1.165) is 67.1 Å². The number of hydrogen-bond donors (Lipinski definition) is 1. The molecular formula is C17H24Cl3N7. The van der Waals surface area contributed by atoms with Crippen LogP contribution in [0.1, 0.15) is 23.5 Å². The van der Waals surface area contributed by atoms with E-state index in [4.69, 9.17) is 16.7 Å². The summed E-state index contributed by atoms with van der Waals surface area (Å²) in [5, 5.41) is 13.4. The zero-order chi connectivity index (χ0) is 17.4. The Labute approximate surface area is 175 Å². The van der Waals surface area contributed by atoms with Gasteiger partial charge in [-0.25, -0.2) is 4.98 Å². The maximum Gasteiger partial charge on any atom is 0.160 e. The van der Waals surface area contributed by atoms with E-state index in [9.17, 15) is 0 Å². The Morgan fingerprint density at radius 1 is 1.19 bits per heavy atom. The number of nitrogens with one attached hydrogen (secondary N) is 1. The molecule has 0 aliphatic carbocycles. The van der Waals surface area contributed by atoms with Crippen molar-refractivity contribution >= 4 is 36.4 Å². The summed E-state index contributed by atoms with van der Waals surface area (Å²) < 4.78 is 6.17. The largest absolute Gasteiger partial charge is 0.328 e. The van der Waals surface area contributed by atoms with Crippen LogP contribution in [0.5, 0.6) is 0 Å². The molecule has 4 rings (SSSR count). The van der Waals surface area contributed by atoms with Crippen LogP contribution in [0.4, 0.5) is 0 Å². The minimum absolute atomic E-state index is 0. The fraction of sp³-hybridized carbons (Fsp3) is 0.471. The highest BCUT2D eigenvalue weighted by molar-refractivity contribution is 6.31. The van der Waals surface area contributed by atoms with Crippen LogP contribution < -0.4 is 5.32 Å². The Morgan fingerprint density at radius 3 is 2.74 bits per heavy atom. The van der Waals surface area contributed by atoms with Crippen LogP contribution in [0.2, 0.25) is 5.02 Å². The van der Waals surface area contributed by atoms with E-state index in [0.29, 0.717) is 0 Å². The average Bonchev–Trinajstić information content (AvgIpc) is 3.24. The van der Waals surface area contributed by atoms with Crippen LogP contribution in [0.3, 0.4) is 0 Å². The second-order valence-electron chi connectivity index (χ2n) is 6.43. The summed E-state index contributed by atoms with van der Waals surface area (Å²) in [6.45, 7) is 8.30. The summed E-state index contributed by atoms with van der Waals surface area (Å²) in [6, 6.07) is 2.14. The van der Waals surface area contributed by atoms with Gasteiger partial charge in [0.25, 0.3) is 0 Å². The van der Waals surface area contributed by atoms with Gasteiger partial charge in [-0.3, -0.25) is 9.36 Å². The molecule has 0 saturated carbocycles.